The molecule has 1 atom stereocenters. The Morgan fingerprint density at radius 3 is 2.27 bits per heavy atom. The van der Waals surface area contributed by atoms with Crippen molar-refractivity contribution in [1.82, 2.24) is 10.9 Å². The minimum absolute atomic E-state index is 0.0453. The normalized spacial score (nSPS) is 11.5. The van der Waals surface area contributed by atoms with Crippen LogP contribution in [-0.4, -0.2) is 11.8 Å². The Kier molecular flexibility index (Phi) is 5.25. The van der Waals surface area contributed by atoms with Gasteiger partial charge < -0.3 is 0 Å². The summed E-state index contributed by atoms with van der Waals surface area (Å²) in [6.07, 6.45) is 0.258. The number of carbonyl (C=O) groups excluding carboxylic acids is 2. The molecular formula is C17H17FN2O2. The van der Waals surface area contributed by atoms with Crippen LogP contribution < -0.4 is 10.9 Å². The van der Waals surface area contributed by atoms with Gasteiger partial charge in [-0.15, -0.1) is 0 Å². The third-order valence-corrected chi connectivity index (χ3v) is 3.28. The SMILES string of the molecule is CC(CC(=O)NNC(=O)c1ccc(F)cc1)c1ccccc1. The van der Waals surface area contributed by atoms with Crippen LogP contribution in [0.25, 0.3) is 0 Å². The van der Waals surface area contributed by atoms with Crippen molar-refractivity contribution in [3.63, 3.8) is 0 Å². The lowest BCUT2D eigenvalue weighted by Crippen LogP contribution is -2.41. The maximum absolute atomic E-state index is 12.8. The van der Waals surface area contributed by atoms with Crippen molar-refractivity contribution in [3.05, 3.63) is 71.5 Å². The van der Waals surface area contributed by atoms with Crippen LogP contribution in [0.5, 0.6) is 0 Å². The summed E-state index contributed by atoms with van der Waals surface area (Å²) in [7, 11) is 0. The molecule has 4 nitrogen and oxygen atoms in total. The second-order valence-electron chi connectivity index (χ2n) is 5.03. The van der Waals surface area contributed by atoms with Crippen LogP contribution in [-0.2, 0) is 4.79 Å². The molecule has 0 heterocycles. The van der Waals surface area contributed by atoms with Gasteiger partial charge in [0.25, 0.3) is 5.91 Å². The summed E-state index contributed by atoms with van der Waals surface area (Å²) in [6.45, 7) is 1.94. The molecule has 0 fully saturated rings. The van der Waals surface area contributed by atoms with Gasteiger partial charge in [-0.3, -0.25) is 20.4 Å². The van der Waals surface area contributed by atoms with Gasteiger partial charge >= 0.3 is 0 Å². The summed E-state index contributed by atoms with van der Waals surface area (Å²) in [5.74, 6) is -1.14. The Morgan fingerprint density at radius 2 is 1.64 bits per heavy atom. The molecule has 0 bridgehead atoms. The molecule has 2 rings (SSSR count). The minimum atomic E-state index is -0.485. The van der Waals surface area contributed by atoms with Gasteiger partial charge in [-0.2, -0.15) is 0 Å². The lowest BCUT2D eigenvalue weighted by molar-refractivity contribution is -0.122. The number of hydrazine groups is 1. The first kappa shape index (κ1) is 15.7. The number of rotatable bonds is 4. The molecular weight excluding hydrogens is 283 g/mol. The van der Waals surface area contributed by atoms with Crippen LogP contribution >= 0.6 is 0 Å². The fourth-order valence-electron chi connectivity index (χ4n) is 2.03. The highest BCUT2D eigenvalue weighted by molar-refractivity contribution is 5.95. The molecule has 1 unspecified atom stereocenters. The number of carbonyl (C=O) groups is 2. The first-order valence-electron chi connectivity index (χ1n) is 6.96. The Balaban J connectivity index is 1.82. The van der Waals surface area contributed by atoms with Gasteiger partial charge in [0.05, 0.1) is 0 Å². The highest BCUT2D eigenvalue weighted by Crippen LogP contribution is 2.17. The molecule has 0 spiro atoms. The molecule has 22 heavy (non-hydrogen) atoms. The van der Waals surface area contributed by atoms with Crippen LogP contribution in [0.1, 0.15) is 35.2 Å². The first-order chi connectivity index (χ1) is 10.6. The molecule has 0 aliphatic carbocycles. The van der Waals surface area contributed by atoms with Crippen molar-refractivity contribution in [1.29, 1.82) is 0 Å². The number of amides is 2. The lowest BCUT2D eigenvalue weighted by Gasteiger charge is -2.12. The van der Waals surface area contributed by atoms with E-state index in [-0.39, 0.29) is 23.8 Å². The van der Waals surface area contributed by atoms with E-state index in [0.717, 1.165) is 5.56 Å². The minimum Gasteiger partial charge on any atom is -0.273 e. The zero-order valence-electron chi connectivity index (χ0n) is 12.2. The maximum atomic E-state index is 12.8. The molecule has 114 valence electrons. The number of hydrogen-bond donors (Lipinski definition) is 2. The van der Waals surface area contributed by atoms with E-state index in [1.165, 1.54) is 24.3 Å². The van der Waals surface area contributed by atoms with E-state index < -0.39 is 11.7 Å². The zero-order valence-corrected chi connectivity index (χ0v) is 12.2. The van der Waals surface area contributed by atoms with Gasteiger partial charge in [-0.05, 0) is 35.7 Å². The second-order valence-corrected chi connectivity index (χ2v) is 5.03. The van der Waals surface area contributed by atoms with E-state index in [2.05, 4.69) is 10.9 Å². The predicted octanol–water partition coefficient (Wildman–Crippen LogP) is 2.78. The van der Waals surface area contributed by atoms with Crippen molar-refractivity contribution in [2.75, 3.05) is 0 Å². The highest BCUT2D eigenvalue weighted by atomic mass is 19.1. The molecule has 0 aliphatic rings. The smallest absolute Gasteiger partial charge is 0.269 e. The summed E-state index contributed by atoms with van der Waals surface area (Å²) in [6, 6.07) is 14.7. The monoisotopic (exact) mass is 300 g/mol. The van der Waals surface area contributed by atoms with E-state index in [9.17, 15) is 14.0 Å². The van der Waals surface area contributed by atoms with E-state index >= 15 is 0 Å². The van der Waals surface area contributed by atoms with Gasteiger partial charge in [0.1, 0.15) is 5.82 Å². The Bertz CT molecular complexity index is 641. The van der Waals surface area contributed by atoms with E-state index in [4.69, 9.17) is 0 Å². The summed E-state index contributed by atoms with van der Waals surface area (Å²) >= 11 is 0. The average molecular weight is 300 g/mol. The molecule has 5 heteroatoms. The quantitative estimate of drug-likeness (QED) is 0.853. The third kappa shape index (κ3) is 4.41. The Labute approximate surface area is 128 Å². The van der Waals surface area contributed by atoms with Gasteiger partial charge in [0, 0.05) is 12.0 Å². The number of halogens is 1. The van der Waals surface area contributed by atoms with E-state index in [0.29, 0.717) is 0 Å². The second kappa shape index (κ2) is 7.36. The zero-order chi connectivity index (χ0) is 15.9. The van der Waals surface area contributed by atoms with Crippen molar-refractivity contribution >= 4 is 11.8 Å². The summed E-state index contributed by atoms with van der Waals surface area (Å²) in [5, 5.41) is 0. The largest absolute Gasteiger partial charge is 0.273 e. The van der Waals surface area contributed by atoms with Crippen molar-refractivity contribution in [2.45, 2.75) is 19.3 Å². The number of nitrogens with one attached hydrogen (secondary N) is 2. The fraction of sp³-hybridized carbons (Fsp3) is 0.176. The summed E-state index contributed by atoms with van der Waals surface area (Å²) in [5.41, 5.74) is 6.01. The van der Waals surface area contributed by atoms with Crippen LogP contribution in [0.15, 0.2) is 54.6 Å². The predicted molar refractivity (Wildman–Crippen MR) is 81.5 cm³/mol. The molecule has 0 saturated heterocycles. The molecule has 0 saturated carbocycles. The van der Waals surface area contributed by atoms with Crippen molar-refractivity contribution in [3.8, 4) is 0 Å². The van der Waals surface area contributed by atoms with Crippen molar-refractivity contribution < 1.29 is 14.0 Å². The number of benzene rings is 2. The molecule has 2 aromatic rings. The first-order valence-corrected chi connectivity index (χ1v) is 6.96. The standard InChI is InChI=1S/C17H17FN2O2/c1-12(13-5-3-2-4-6-13)11-16(21)19-20-17(22)14-7-9-15(18)10-8-14/h2-10,12H,11H2,1H3,(H,19,21)(H,20,22). The van der Waals surface area contributed by atoms with E-state index in [1.807, 2.05) is 37.3 Å². The highest BCUT2D eigenvalue weighted by Gasteiger charge is 2.12. The topological polar surface area (TPSA) is 58.2 Å². The molecule has 2 N–H and O–H groups in total. The summed E-state index contributed by atoms with van der Waals surface area (Å²) in [4.78, 5) is 23.6. The molecule has 2 aromatic carbocycles. The molecule has 0 aliphatic heterocycles. The number of hydrogen-bond acceptors (Lipinski definition) is 2. The average Bonchev–Trinajstić information content (AvgIpc) is 2.54. The van der Waals surface area contributed by atoms with Crippen LogP contribution in [0.2, 0.25) is 0 Å². The third-order valence-electron chi connectivity index (χ3n) is 3.28. The van der Waals surface area contributed by atoms with Crippen molar-refractivity contribution in [2.24, 2.45) is 0 Å². The van der Waals surface area contributed by atoms with Gasteiger partial charge in [-0.1, -0.05) is 37.3 Å². The molecule has 2 amide bonds. The Morgan fingerprint density at radius 1 is 1.00 bits per heavy atom. The maximum Gasteiger partial charge on any atom is 0.269 e. The molecule has 0 radical (unpaired) electrons. The van der Waals surface area contributed by atoms with Gasteiger partial charge in [0.2, 0.25) is 5.91 Å². The summed E-state index contributed by atoms with van der Waals surface area (Å²) < 4.78 is 12.8. The lowest BCUT2D eigenvalue weighted by atomic mass is 9.98. The Hall–Kier alpha value is -2.69. The van der Waals surface area contributed by atoms with Crippen LogP contribution in [0, 0.1) is 5.82 Å². The van der Waals surface area contributed by atoms with Gasteiger partial charge in [0.15, 0.2) is 0 Å². The van der Waals surface area contributed by atoms with E-state index in [1.54, 1.807) is 0 Å². The molecule has 0 aromatic heterocycles. The van der Waals surface area contributed by atoms with Crippen LogP contribution in [0.4, 0.5) is 4.39 Å². The fourth-order valence-corrected chi connectivity index (χ4v) is 2.03. The van der Waals surface area contributed by atoms with Crippen LogP contribution in [0.3, 0.4) is 0 Å². The van der Waals surface area contributed by atoms with Gasteiger partial charge in [-0.25, -0.2) is 4.39 Å².